The minimum absolute atomic E-state index is 0.0556. The fraction of sp³-hybridized carbons (Fsp3) is 0.500. The number of nitrogens with one attached hydrogen (secondary N) is 2. The molecule has 1 aromatic rings. The maximum atomic E-state index is 13.6. The van der Waals surface area contributed by atoms with Crippen LogP contribution in [0.3, 0.4) is 0 Å². The molecule has 1 rings (SSSR count). The van der Waals surface area contributed by atoms with Crippen LogP contribution in [0.5, 0.6) is 0 Å². The molecular weight excluding hydrogens is 331 g/mol. The summed E-state index contributed by atoms with van der Waals surface area (Å²) in [6, 6.07) is 5.95. The van der Waals surface area contributed by atoms with Gasteiger partial charge in [-0.2, -0.15) is 0 Å². The highest BCUT2D eigenvalue weighted by atomic mass is 19.1. The van der Waals surface area contributed by atoms with Gasteiger partial charge in [0, 0.05) is 26.7 Å². The highest BCUT2D eigenvalue weighted by molar-refractivity contribution is 5.94. The molecule has 0 radical (unpaired) electrons. The second kappa shape index (κ2) is 12.9. The molecule has 0 spiro atoms. The number of nitrogens with zero attached hydrogens (tertiary/aromatic N) is 2. The molecular formula is C20H31FN4O. The van der Waals surface area contributed by atoms with Crippen LogP contribution >= 0.6 is 0 Å². The largest absolute Gasteiger partial charge is 0.357 e. The Hall–Kier alpha value is -2.37. The SMILES string of the molecule is C=CCCCCCN(C)C(=NCCNC(=O)c1ccccc1F)NCC. The second-order valence-electron chi connectivity index (χ2n) is 6.03. The van der Waals surface area contributed by atoms with E-state index < -0.39 is 11.7 Å². The standard InChI is InChI=1S/C20H31FN4O/c1-4-6-7-8-11-16-25(3)20(22-5-2)24-15-14-23-19(26)17-12-9-10-13-18(17)21/h4,9-10,12-13H,1,5-8,11,14-16H2,2-3H3,(H,22,24)(H,23,26). The quantitative estimate of drug-likeness (QED) is 0.275. The van der Waals surface area contributed by atoms with Gasteiger partial charge >= 0.3 is 0 Å². The lowest BCUT2D eigenvalue weighted by Crippen LogP contribution is -2.40. The van der Waals surface area contributed by atoms with Crippen LogP contribution in [0, 0.1) is 5.82 Å². The van der Waals surface area contributed by atoms with Crippen molar-refractivity contribution < 1.29 is 9.18 Å². The number of rotatable bonds is 11. The molecule has 144 valence electrons. The first-order valence-corrected chi connectivity index (χ1v) is 9.23. The van der Waals surface area contributed by atoms with E-state index in [4.69, 9.17) is 0 Å². The number of hydrogen-bond donors (Lipinski definition) is 2. The van der Waals surface area contributed by atoms with E-state index in [2.05, 4.69) is 27.1 Å². The molecule has 1 amide bonds. The van der Waals surface area contributed by atoms with Crippen LogP contribution in [0.15, 0.2) is 41.9 Å². The van der Waals surface area contributed by atoms with E-state index in [1.165, 1.54) is 12.1 Å². The molecule has 26 heavy (non-hydrogen) atoms. The molecule has 0 bridgehead atoms. The molecule has 0 aliphatic heterocycles. The molecule has 0 aromatic heterocycles. The summed E-state index contributed by atoms with van der Waals surface area (Å²) in [5.74, 6) is -0.117. The van der Waals surface area contributed by atoms with E-state index in [0.717, 1.165) is 44.7 Å². The molecule has 0 heterocycles. The summed E-state index contributed by atoms with van der Waals surface area (Å²) in [7, 11) is 2.01. The van der Waals surface area contributed by atoms with Crippen LogP contribution in [0.4, 0.5) is 4.39 Å². The molecule has 0 saturated carbocycles. The van der Waals surface area contributed by atoms with E-state index in [0.29, 0.717) is 13.1 Å². The monoisotopic (exact) mass is 362 g/mol. The van der Waals surface area contributed by atoms with Crippen molar-refractivity contribution in [3.05, 3.63) is 48.3 Å². The van der Waals surface area contributed by atoms with Gasteiger partial charge in [0.05, 0.1) is 12.1 Å². The summed E-state index contributed by atoms with van der Waals surface area (Å²) in [6.45, 7) is 8.25. The smallest absolute Gasteiger partial charge is 0.254 e. The normalized spacial score (nSPS) is 11.1. The number of unbranched alkanes of at least 4 members (excludes halogenated alkanes) is 3. The molecule has 0 atom stereocenters. The van der Waals surface area contributed by atoms with Gasteiger partial charge in [-0.25, -0.2) is 4.39 Å². The molecule has 0 aliphatic rings. The first kappa shape index (κ1) is 21.7. The molecule has 6 heteroatoms. The Morgan fingerprint density at radius 3 is 2.73 bits per heavy atom. The average Bonchev–Trinajstić information content (AvgIpc) is 2.64. The van der Waals surface area contributed by atoms with E-state index in [-0.39, 0.29) is 5.56 Å². The molecule has 0 fully saturated rings. The Morgan fingerprint density at radius 1 is 1.27 bits per heavy atom. The van der Waals surface area contributed by atoms with Gasteiger partial charge in [-0.05, 0) is 38.3 Å². The minimum atomic E-state index is -0.516. The van der Waals surface area contributed by atoms with E-state index in [9.17, 15) is 9.18 Å². The summed E-state index contributed by atoms with van der Waals surface area (Å²) < 4.78 is 13.6. The fourth-order valence-corrected chi connectivity index (χ4v) is 2.46. The maximum Gasteiger partial charge on any atom is 0.254 e. The van der Waals surface area contributed by atoms with E-state index in [1.807, 2.05) is 20.0 Å². The Balaban J connectivity index is 2.41. The van der Waals surface area contributed by atoms with Gasteiger partial charge in [0.1, 0.15) is 5.82 Å². The van der Waals surface area contributed by atoms with Gasteiger partial charge in [0.15, 0.2) is 5.96 Å². The number of amides is 1. The number of hydrogen-bond acceptors (Lipinski definition) is 2. The van der Waals surface area contributed by atoms with Gasteiger partial charge in [-0.15, -0.1) is 6.58 Å². The lowest BCUT2D eigenvalue weighted by molar-refractivity contribution is 0.0951. The van der Waals surface area contributed by atoms with Crippen molar-refractivity contribution in [1.82, 2.24) is 15.5 Å². The van der Waals surface area contributed by atoms with Gasteiger partial charge in [-0.3, -0.25) is 9.79 Å². The lowest BCUT2D eigenvalue weighted by Gasteiger charge is -2.22. The minimum Gasteiger partial charge on any atom is -0.357 e. The van der Waals surface area contributed by atoms with Crippen molar-refractivity contribution in [2.45, 2.75) is 32.6 Å². The first-order chi connectivity index (χ1) is 12.6. The van der Waals surface area contributed by atoms with Crippen LogP contribution in [-0.4, -0.2) is 50.0 Å². The summed E-state index contributed by atoms with van der Waals surface area (Å²) in [4.78, 5) is 18.6. The Bertz CT molecular complexity index is 589. The molecule has 0 unspecified atom stereocenters. The number of allylic oxidation sites excluding steroid dienone is 1. The molecule has 2 N–H and O–H groups in total. The molecule has 0 saturated heterocycles. The van der Waals surface area contributed by atoms with Crippen molar-refractivity contribution >= 4 is 11.9 Å². The topological polar surface area (TPSA) is 56.7 Å². The highest BCUT2D eigenvalue weighted by Gasteiger charge is 2.10. The van der Waals surface area contributed by atoms with Crippen LogP contribution in [0.25, 0.3) is 0 Å². The van der Waals surface area contributed by atoms with Crippen molar-refractivity contribution in [2.75, 3.05) is 33.2 Å². The van der Waals surface area contributed by atoms with Crippen LogP contribution in [0.1, 0.15) is 43.0 Å². The number of benzene rings is 1. The number of carbonyl (C=O) groups excluding carboxylic acids is 1. The van der Waals surface area contributed by atoms with Crippen LogP contribution < -0.4 is 10.6 Å². The van der Waals surface area contributed by atoms with Crippen molar-refractivity contribution in [1.29, 1.82) is 0 Å². The molecule has 1 aromatic carbocycles. The third-order valence-corrected chi connectivity index (χ3v) is 3.88. The summed E-state index contributed by atoms with van der Waals surface area (Å²) in [6.07, 6.45) is 6.42. The third kappa shape index (κ3) is 8.14. The number of halogens is 1. The van der Waals surface area contributed by atoms with Gasteiger partial charge in [-0.1, -0.05) is 24.6 Å². The van der Waals surface area contributed by atoms with Crippen LogP contribution in [0.2, 0.25) is 0 Å². The van der Waals surface area contributed by atoms with Crippen molar-refractivity contribution in [3.8, 4) is 0 Å². The predicted octanol–water partition coefficient (Wildman–Crippen LogP) is 3.20. The fourth-order valence-electron chi connectivity index (χ4n) is 2.46. The summed E-state index contributed by atoms with van der Waals surface area (Å²) >= 11 is 0. The lowest BCUT2D eigenvalue weighted by atomic mass is 10.2. The Labute approximate surface area is 156 Å². The average molecular weight is 362 g/mol. The summed E-state index contributed by atoms with van der Waals surface area (Å²) in [5, 5.41) is 5.95. The Morgan fingerprint density at radius 2 is 2.04 bits per heavy atom. The highest BCUT2D eigenvalue weighted by Crippen LogP contribution is 2.05. The molecule has 0 aliphatic carbocycles. The van der Waals surface area contributed by atoms with Gasteiger partial charge in [0.25, 0.3) is 5.91 Å². The van der Waals surface area contributed by atoms with Crippen molar-refractivity contribution in [2.24, 2.45) is 4.99 Å². The number of aliphatic imine (C=N–C) groups is 1. The van der Waals surface area contributed by atoms with E-state index in [1.54, 1.807) is 12.1 Å². The Kier molecular flexibility index (Phi) is 10.8. The summed E-state index contributed by atoms with van der Waals surface area (Å²) in [5.41, 5.74) is 0.0556. The zero-order valence-corrected chi connectivity index (χ0v) is 15.9. The molecule has 5 nitrogen and oxygen atoms in total. The van der Waals surface area contributed by atoms with Gasteiger partial charge in [0.2, 0.25) is 0 Å². The van der Waals surface area contributed by atoms with Crippen molar-refractivity contribution in [3.63, 3.8) is 0 Å². The third-order valence-electron chi connectivity index (χ3n) is 3.88. The zero-order chi connectivity index (χ0) is 19.2. The number of guanidine groups is 1. The first-order valence-electron chi connectivity index (χ1n) is 9.23. The second-order valence-corrected chi connectivity index (χ2v) is 6.03. The van der Waals surface area contributed by atoms with Gasteiger partial charge < -0.3 is 15.5 Å². The van der Waals surface area contributed by atoms with E-state index >= 15 is 0 Å². The maximum absolute atomic E-state index is 13.6. The zero-order valence-electron chi connectivity index (χ0n) is 15.9. The van der Waals surface area contributed by atoms with Crippen LogP contribution in [-0.2, 0) is 0 Å². The number of carbonyl (C=O) groups is 1. The predicted molar refractivity (Wildman–Crippen MR) is 106 cm³/mol.